The van der Waals surface area contributed by atoms with Crippen LogP contribution in [0.1, 0.15) is 13.3 Å². The average molecular weight is 287 g/mol. The Morgan fingerprint density at radius 1 is 1.50 bits per heavy atom. The molecule has 0 unspecified atom stereocenters. The van der Waals surface area contributed by atoms with Gasteiger partial charge in [-0.25, -0.2) is 9.45 Å². The zero-order valence-electron chi connectivity index (χ0n) is 11.6. The number of rotatable bonds is 5. The van der Waals surface area contributed by atoms with Crippen molar-refractivity contribution in [3.05, 3.63) is 23.7 Å². The molecule has 0 aliphatic carbocycles. The summed E-state index contributed by atoms with van der Waals surface area (Å²) < 4.78 is 23.3. The normalized spacial score (nSPS) is 24.1. The topological polar surface area (TPSA) is 76.1 Å². The third-order valence-electron chi connectivity index (χ3n) is 3.13. The van der Waals surface area contributed by atoms with Gasteiger partial charge in [-0.15, -0.1) is 0 Å². The van der Waals surface area contributed by atoms with E-state index in [2.05, 4.69) is 4.74 Å². The molecule has 1 N–H and O–H groups in total. The summed E-state index contributed by atoms with van der Waals surface area (Å²) in [5.74, 6) is -3.61. The minimum atomic E-state index is -1.18. The number of esters is 1. The van der Waals surface area contributed by atoms with Gasteiger partial charge >= 0.3 is 5.97 Å². The second kappa shape index (κ2) is 7.04. The zero-order chi connectivity index (χ0) is 15.3. The SMILES string of the molecule is C/C=C(\C=C(\F)C[C@@H]1CN(O)C(=O)[C@H]1C(=O)OC)OC. The molecule has 1 amide bonds. The standard InChI is InChI=1S/C13H18FNO5/c1-4-10(19-2)6-9(14)5-8-7-15(18)12(16)11(8)13(17)20-3/h4,6,8,11,18H,5,7H2,1-3H3/b9-6+,10-4+/t8-,11+/m1/s1. The van der Waals surface area contributed by atoms with Crippen LogP contribution in [0.15, 0.2) is 23.7 Å². The lowest BCUT2D eigenvalue weighted by Gasteiger charge is -2.13. The lowest BCUT2D eigenvalue weighted by Crippen LogP contribution is -2.30. The second-order valence-electron chi connectivity index (χ2n) is 4.37. The van der Waals surface area contributed by atoms with Crippen LogP contribution in [0.3, 0.4) is 0 Å². The van der Waals surface area contributed by atoms with Crippen LogP contribution in [0.5, 0.6) is 0 Å². The monoisotopic (exact) mass is 287 g/mol. The van der Waals surface area contributed by atoms with E-state index in [0.29, 0.717) is 10.8 Å². The van der Waals surface area contributed by atoms with E-state index in [4.69, 9.17) is 4.74 Å². The molecular weight excluding hydrogens is 269 g/mol. The Bertz CT molecular complexity index is 446. The van der Waals surface area contributed by atoms with E-state index >= 15 is 0 Å². The van der Waals surface area contributed by atoms with Crippen LogP contribution >= 0.6 is 0 Å². The summed E-state index contributed by atoms with van der Waals surface area (Å²) in [4.78, 5) is 23.2. The molecule has 0 aromatic carbocycles. The molecule has 1 aliphatic heterocycles. The second-order valence-corrected chi connectivity index (χ2v) is 4.37. The Labute approximate surface area is 116 Å². The molecule has 7 heteroatoms. The van der Waals surface area contributed by atoms with Crippen molar-refractivity contribution in [2.45, 2.75) is 13.3 Å². The molecule has 1 rings (SSSR count). The van der Waals surface area contributed by atoms with Crippen molar-refractivity contribution in [2.24, 2.45) is 11.8 Å². The highest BCUT2D eigenvalue weighted by Crippen LogP contribution is 2.30. The van der Waals surface area contributed by atoms with Crippen LogP contribution in [0.2, 0.25) is 0 Å². The fraction of sp³-hybridized carbons (Fsp3) is 0.538. The molecule has 112 valence electrons. The predicted octanol–water partition coefficient (Wildman–Crippen LogP) is 1.42. The van der Waals surface area contributed by atoms with E-state index in [-0.39, 0.29) is 13.0 Å². The van der Waals surface area contributed by atoms with E-state index < -0.39 is 29.5 Å². The van der Waals surface area contributed by atoms with Crippen molar-refractivity contribution < 1.29 is 28.7 Å². The molecule has 0 aromatic rings. The smallest absolute Gasteiger partial charge is 0.318 e. The van der Waals surface area contributed by atoms with Crippen LogP contribution in [-0.4, -0.2) is 42.9 Å². The fourth-order valence-corrected chi connectivity index (χ4v) is 2.11. The summed E-state index contributed by atoms with van der Waals surface area (Å²) in [7, 11) is 2.55. The van der Waals surface area contributed by atoms with Crippen molar-refractivity contribution in [2.75, 3.05) is 20.8 Å². The Morgan fingerprint density at radius 2 is 2.15 bits per heavy atom. The third kappa shape index (κ3) is 3.57. The van der Waals surface area contributed by atoms with Gasteiger partial charge in [0.2, 0.25) is 0 Å². The quantitative estimate of drug-likeness (QED) is 0.272. The number of hydroxylamine groups is 2. The first-order valence-corrected chi connectivity index (χ1v) is 6.09. The van der Waals surface area contributed by atoms with Gasteiger partial charge in [0.05, 0.1) is 20.8 Å². The molecule has 0 saturated carbocycles. The molecule has 0 aromatic heterocycles. The van der Waals surface area contributed by atoms with Crippen molar-refractivity contribution in [3.8, 4) is 0 Å². The zero-order valence-corrected chi connectivity index (χ0v) is 11.6. The Kier molecular flexibility index (Phi) is 5.69. The number of hydrogen-bond acceptors (Lipinski definition) is 5. The summed E-state index contributed by atoms with van der Waals surface area (Å²) in [6, 6.07) is 0. The highest BCUT2D eigenvalue weighted by Gasteiger charge is 2.45. The minimum Gasteiger partial charge on any atom is -0.497 e. The van der Waals surface area contributed by atoms with Gasteiger partial charge in [-0.1, -0.05) is 0 Å². The van der Waals surface area contributed by atoms with E-state index in [1.54, 1.807) is 13.0 Å². The van der Waals surface area contributed by atoms with Crippen LogP contribution in [0.4, 0.5) is 4.39 Å². The molecule has 6 nitrogen and oxygen atoms in total. The van der Waals surface area contributed by atoms with Gasteiger partial charge in [0, 0.05) is 18.4 Å². The summed E-state index contributed by atoms with van der Waals surface area (Å²) >= 11 is 0. The largest absolute Gasteiger partial charge is 0.497 e. The van der Waals surface area contributed by atoms with Crippen LogP contribution in [0.25, 0.3) is 0 Å². The van der Waals surface area contributed by atoms with Gasteiger partial charge in [-0.3, -0.25) is 14.8 Å². The lowest BCUT2D eigenvalue weighted by molar-refractivity contribution is -0.165. The fourth-order valence-electron chi connectivity index (χ4n) is 2.11. The van der Waals surface area contributed by atoms with E-state index in [0.717, 1.165) is 7.11 Å². The van der Waals surface area contributed by atoms with Gasteiger partial charge in [-0.2, -0.15) is 0 Å². The first kappa shape index (κ1) is 16.2. The average Bonchev–Trinajstić information content (AvgIpc) is 2.70. The molecule has 0 radical (unpaired) electrons. The van der Waals surface area contributed by atoms with Crippen LogP contribution in [0, 0.1) is 11.8 Å². The number of carbonyl (C=O) groups excluding carboxylic acids is 2. The van der Waals surface area contributed by atoms with Crippen molar-refractivity contribution in [1.82, 2.24) is 5.06 Å². The minimum absolute atomic E-state index is 0.113. The Hall–Kier alpha value is -1.89. The third-order valence-corrected chi connectivity index (χ3v) is 3.13. The first-order chi connectivity index (χ1) is 9.44. The van der Waals surface area contributed by atoms with Gasteiger partial charge in [0.15, 0.2) is 0 Å². The molecule has 20 heavy (non-hydrogen) atoms. The van der Waals surface area contributed by atoms with Crippen molar-refractivity contribution in [3.63, 3.8) is 0 Å². The van der Waals surface area contributed by atoms with Crippen molar-refractivity contribution in [1.29, 1.82) is 0 Å². The number of ether oxygens (including phenoxy) is 2. The van der Waals surface area contributed by atoms with E-state index in [1.807, 2.05) is 0 Å². The number of carbonyl (C=O) groups is 2. The maximum absolute atomic E-state index is 13.9. The molecule has 2 atom stereocenters. The highest BCUT2D eigenvalue weighted by molar-refractivity contribution is 5.99. The number of amides is 1. The first-order valence-electron chi connectivity index (χ1n) is 6.09. The molecule has 0 bridgehead atoms. The lowest BCUT2D eigenvalue weighted by atomic mass is 9.92. The van der Waals surface area contributed by atoms with Crippen LogP contribution < -0.4 is 0 Å². The van der Waals surface area contributed by atoms with Crippen molar-refractivity contribution >= 4 is 11.9 Å². The predicted molar refractivity (Wildman–Crippen MR) is 67.1 cm³/mol. The number of halogens is 1. The van der Waals surface area contributed by atoms with Gasteiger partial charge in [-0.05, 0) is 13.0 Å². The highest BCUT2D eigenvalue weighted by atomic mass is 19.1. The van der Waals surface area contributed by atoms with E-state index in [1.165, 1.54) is 13.2 Å². The molecule has 1 aliphatic rings. The molecule has 0 spiro atoms. The van der Waals surface area contributed by atoms with Gasteiger partial charge in [0.25, 0.3) is 5.91 Å². The summed E-state index contributed by atoms with van der Waals surface area (Å²) in [5, 5.41) is 9.79. The Morgan fingerprint density at radius 3 is 2.65 bits per heavy atom. The molecule has 1 heterocycles. The molecular formula is C13H18FNO5. The summed E-state index contributed by atoms with van der Waals surface area (Å²) in [5.41, 5.74) is 0. The number of allylic oxidation sites excluding steroid dienone is 3. The van der Waals surface area contributed by atoms with Crippen LogP contribution in [-0.2, 0) is 19.1 Å². The molecule has 1 fully saturated rings. The van der Waals surface area contributed by atoms with E-state index in [9.17, 15) is 19.2 Å². The summed E-state index contributed by atoms with van der Waals surface area (Å²) in [6.45, 7) is 1.58. The number of hydrogen-bond donors (Lipinski definition) is 1. The Balaban J connectivity index is 2.84. The van der Waals surface area contributed by atoms with Gasteiger partial charge in [0.1, 0.15) is 17.5 Å². The number of methoxy groups -OCH3 is 2. The summed E-state index contributed by atoms with van der Waals surface area (Å²) in [6.07, 6.45) is 2.59. The molecule has 1 saturated heterocycles. The van der Waals surface area contributed by atoms with Gasteiger partial charge < -0.3 is 9.47 Å². The number of nitrogens with zero attached hydrogens (tertiary/aromatic N) is 1. The maximum atomic E-state index is 13.9. The maximum Gasteiger partial charge on any atom is 0.318 e.